The molecule has 0 spiro atoms. The summed E-state index contributed by atoms with van der Waals surface area (Å²) in [5, 5.41) is 0. The normalized spacial score (nSPS) is 12.8. The molecule has 0 saturated heterocycles. The number of hydrogen-bond acceptors (Lipinski definition) is 1. The maximum Gasteiger partial charge on any atom is 0.180 e. The maximum atomic E-state index is 16.2. The second kappa shape index (κ2) is 6.12. The third-order valence-corrected chi connectivity index (χ3v) is 3.98. The van der Waals surface area contributed by atoms with E-state index < -0.39 is 11.7 Å². The SMILES string of the molecule is NC(c1ccccc1)C(F)(c1ccccc1)c1ccccc1. The van der Waals surface area contributed by atoms with Crippen LogP contribution in [0.2, 0.25) is 0 Å². The Morgan fingerprint density at radius 2 is 1.00 bits per heavy atom. The van der Waals surface area contributed by atoms with Gasteiger partial charge >= 0.3 is 0 Å². The fraction of sp³-hybridized carbons (Fsp3) is 0.100. The summed E-state index contributed by atoms with van der Waals surface area (Å²) in [6, 6.07) is 26.9. The molecule has 0 heterocycles. The number of hydrogen-bond donors (Lipinski definition) is 1. The Kier molecular flexibility index (Phi) is 4.03. The molecule has 3 aromatic rings. The molecule has 2 N–H and O–H groups in total. The molecule has 3 rings (SSSR count). The van der Waals surface area contributed by atoms with Gasteiger partial charge in [0.25, 0.3) is 0 Å². The Hall–Kier alpha value is -2.45. The molecule has 0 fully saturated rings. The van der Waals surface area contributed by atoms with E-state index in [-0.39, 0.29) is 0 Å². The van der Waals surface area contributed by atoms with Gasteiger partial charge in [0.2, 0.25) is 0 Å². The first-order valence-electron chi connectivity index (χ1n) is 7.33. The molecule has 3 aromatic carbocycles. The van der Waals surface area contributed by atoms with Gasteiger partial charge in [-0.25, -0.2) is 4.39 Å². The molecule has 0 aliphatic carbocycles. The van der Waals surface area contributed by atoms with Gasteiger partial charge in [-0.05, 0) is 16.7 Å². The monoisotopic (exact) mass is 291 g/mol. The summed E-state index contributed by atoms with van der Waals surface area (Å²) in [6.45, 7) is 0. The van der Waals surface area contributed by atoms with Crippen molar-refractivity contribution in [3.05, 3.63) is 108 Å². The van der Waals surface area contributed by atoms with E-state index in [4.69, 9.17) is 5.73 Å². The molecule has 1 atom stereocenters. The van der Waals surface area contributed by atoms with Crippen LogP contribution in [-0.4, -0.2) is 0 Å². The average Bonchev–Trinajstić information content (AvgIpc) is 2.62. The zero-order chi connectivity index (χ0) is 15.4. The summed E-state index contributed by atoms with van der Waals surface area (Å²) in [6.07, 6.45) is 0. The van der Waals surface area contributed by atoms with Crippen molar-refractivity contribution in [3.63, 3.8) is 0 Å². The lowest BCUT2D eigenvalue weighted by Gasteiger charge is -2.33. The van der Waals surface area contributed by atoms with E-state index >= 15 is 4.39 Å². The van der Waals surface area contributed by atoms with Crippen LogP contribution < -0.4 is 5.73 Å². The number of alkyl halides is 1. The van der Waals surface area contributed by atoms with Crippen molar-refractivity contribution >= 4 is 0 Å². The highest BCUT2D eigenvalue weighted by Gasteiger charge is 2.41. The summed E-state index contributed by atoms with van der Waals surface area (Å²) < 4.78 is 16.2. The second-order valence-electron chi connectivity index (χ2n) is 5.33. The summed E-state index contributed by atoms with van der Waals surface area (Å²) in [5.74, 6) is 0. The minimum Gasteiger partial charge on any atom is -0.321 e. The highest BCUT2D eigenvalue weighted by Crippen LogP contribution is 2.43. The van der Waals surface area contributed by atoms with Crippen LogP contribution in [0.15, 0.2) is 91.0 Å². The maximum absolute atomic E-state index is 16.2. The summed E-state index contributed by atoms with van der Waals surface area (Å²) in [4.78, 5) is 0. The molecule has 1 unspecified atom stereocenters. The predicted molar refractivity (Wildman–Crippen MR) is 88.1 cm³/mol. The third kappa shape index (κ3) is 2.53. The van der Waals surface area contributed by atoms with Gasteiger partial charge in [-0.1, -0.05) is 91.0 Å². The molecule has 0 aliphatic heterocycles. The molecule has 1 nitrogen and oxygen atoms in total. The molecule has 0 bridgehead atoms. The summed E-state index contributed by atoms with van der Waals surface area (Å²) in [7, 11) is 0. The predicted octanol–water partition coefficient (Wildman–Crippen LogP) is 4.60. The Bertz CT molecular complexity index is 671. The van der Waals surface area contributed by atoms with Crippen molar-refractivity contribution in [1.82, 2.24) is 0 Å². The van der Waals surface area contributed by atoms with Gasteiger partial charge in [0.15, 0.2) is 5.67 Å². The van der Waals surface area contributed by atoms with Gasteiger partial charge in [-0.15, -0.1) is 0 Å². The third-order valence-electron chi connectivity index (χ3n) is 3.98. The van der Waals surface area contributed by atoms with Crippen LogP contribution in [0, 0.1) is 0 Å². The van der Waals surface area contributed by atoms with Crippen molar-refractivity contribution in [1.29, 1.82) is 0 Å². The van der Waals surface area contributed by atoms with Gasteiger partial charge in [0.1, 0.15) is 0 Å². The second-order valence-corrected chi connectivity index (χ2v) is 5.33. The van der Waals surface area contributed by atoms with Gasteiger partial charge in [-0.3, -0.25) is 0 Å². The fourth-order valence-electron chi connectivity index (χ4n) is 2.78. The standard InChI is InChI=1S/C20H18FN/c21-20(17-12-6-2-7-13-17,18-14-8-3-9-15-18)19(22)16-10-4-1-5-11-16/h1-15,19H,22H2. The molecule has 0 radical (unpaired) electrons. The van der Waals surface area contributed by atoms with Crippen LogP contribution in [0.1, 0.15) is 22.7 Å². The smallest absolute Gasteiger partial charge is 0.180 e. The van der Waals surface area contributed by atoms with E-state index in [1.54, 1.807) is 24.3 Å². The number of nitrogens with two attached hydrogens (primary N) is 1. The largest absolute Gasteiger partial charge is 0.321 e. The highest BCUT2D eigenvalue weighted by molar-refractivity contribution is 5.41. The van der Waals surface area contributed by atoms with Crippen LogP contribution in [0.3, 0.4) is 0 Å². The first kappa shape index (κ1) is 14.5. The quantitative estimate of drug-likeness (QED) is 0.747. The lowest BCUT2D eigenvalue weighted by atomic mass is 9.79. The lowest BCUT2D eigenvalue weighted by Crippen LogP contribution is -2.36. The molecule has 0 saturated carbocycles. The van der Waals surface area contributed by atoms with Crippen molar-refractivity contribution < 1.29 is 4.39 Å². The van der Waals surface area contributed by atoms with Gasteiger partial charge in [-0.2, -0.15) is 0 Å². The minimum atomic E-state index is -1.77. The highest BCUT2D eigenvalue weighted by atomic mass is 19.1. The van der Waals surface area contributed by atoms with Gasteiger partial charge < -0.3 is 5.73 Å². The van der Waals surface area contributed by atoms with Crippen molar-refractivity contribution in [2.75, 3.05) is 0 Å². The van der Waals surface area contributed by atoms with Crippen molar-refractivity contribution in [2.24, 2.45) is 5.73 Å². The topological polar surface area (TPSA) is 26.0 Å². The van der Waals surface area contributed by atoms with Gasteiger partial charge in [0.05, 0.1) is 6.04 Å². The molecule has 2 heteroatoms. The van der Waals surface area contributed by atoms with E-state index in [0.29, 0.717) is 11.1 Å². The van der Waals surface area contributed by atoms with Crippen LogP contribution >= 0.6 is 0 Å². The van der Waals surface area contributed by atoms with Crippen LogP contribution in [0.5, 0.6) is 0 Å². The summed E-state index contributed by atoms with van der Waals surface area (Å²) >= 11 is 0. The molecule has 0 aliphatic rings. The van der Waals surface area contributed by atoms with E-state index in [0.717, 1.165) is 5.56 Å². The molecule has 0 amide bonds. The van der Waals surface area contributed by atoms with Crippen molar-refractivity contribution in [3.8, 4) is 0 Å². The molecular weight excluding hydrogens is 273 g/mol. The molecule has 110 valence electrons. The fourth-order valence-corrected chi connectivity index (χ4v) is 2.78. The molecular formula is C20H18FN. The van der Waals surface area contributed by atoms with E-state index in [9.17, 15) is 0 Å². The Morgan fingerprint density at radius 3 is 1.41 bits per heavy atom. The van der Waals surface area contributed by atoms with Crippen molar-refractivity contribution in [2.45, 2.75) is 11.7 Å². The molecule has 0 aromatic heterocycles. The van der Waals surface area contributed by atoms with E-state index in [1.165, 1.54) is 0 Å². The van der Waals surface area contributed by atoms with Crippen LogP contribution in [0.25, 0.3) is 0 Å². The minimum absolute atomic E-state index is 0.567. The first-order valence-corrected chi connectivity index (χ1v) is 7.33. The zero-order valence-corrected chi connectivity index (χ0v) is 12.2. The Balaban J connectivity index is 2.16. The Morgan fingerprint density at radius 1 is 0.636 bits per heavy atom. The van der Waals surface area contributed by atoms with E-state index in [2.05, 4.69) is 0 Å². The van der Waals surface area contributed by atoms with E-state index in [1.807, 2.05) is 66.7 Å². The number of halogens is 1. The molecule has 22 heavy (non-hydrogen) atoms. The average molecular weight is 291 g/mol. The first-order chi connectivity index (χ1) is 10.7. The van der Waals surface area contributed by atoms with Crippen LogP contribution in [-0.2, 0) is 5.67 Å². The van der Waals surface area contributed by atoms with Gasteiger partial charge in [0, 0.05) is 0 Å². The zero-order valence-electron chi connectivity index (χ0n) is 12.2. The number of rotatable bonds is 4. The lowest BCUT2D eigenvalue weighted by molar-refractivity contribution is 0.177. The van der Waals surface area contributed by atoms with Crippen LogP contribution in [0.4, 0.5) is 4.39 Å². The number of benzene rings is 3. The summed E-state index contributed by atoms with van der Waals surface area (Å²) in [5.41, 5.74) is 6.50. The Labute approximate surface area is 130 Å².